The Balaban J connectivity index is 2.66. The molecule has 68 valence electrons. The summed E-state index contributed by atoms with van der Waals surface area (Å²) in [5.41, 5.74) is 5.69. The molecule has 3 heteroatoms. The molecule has 0 aliphatic carbocycles. The summed E-state index contributed by atoms with van der Waals surface area (Å²) in [5.74, 6) is 1.69. The van der Waals surface area contributed by atoms with Crippen LogP contribution in [-0.2, 0) is 0 Å². The Labute approximate surface area is 82.4 Å². The van der Waals surface area contributed by atoms with Gasteiger partial charge in [0, 0.05) is 28.0 Å². The molecular weight excluding hydrogens is 186 g/mol. The summed E-state index contributed by atoms with van der Waals surface area (Å²) in [6.07, 6.45) is 2.13. The average Bonchev–Trinajstić information content (AvgIpc) is 2.47. The van der Waals surface area contributed by atoms with Gasteiger partial charge >= 0.3 is 0 Å². The lowest BCUT2D eigenvalue weighted by Crippen LogP contribution is -2.13. The van der Waals surface area contributed by atoms with Crippen LogP contribution in [0.2, 0.25) is 0 Å². The number of thiophene rings is 1. The van der Waals surface area contributed by atoms with Gasteiger partial charge in [0.15, 0.2) is 0 Å². The van der Waals surface area contributed by atoms with Gasteiger partial charge in [-0.3, -0.25) is 0 Å². The summed E-state index contributed by atoms with van der Waals surface area (Å²) in [6, 6.07) is 4.37. The van der Waals surface area contributed by atoms with Gasteiger partial charge in [0.1, 0.15) is 0 Å². The molecule has 0 aliphatic heterocycles. The van der Waals surface area contributed by atoms with Gasteiger partial charge in [0.25, 0.3) is 0 Å². The molecule has 1 unspecified atom stereocenters. The van der Waals surface area contributed by atoms with Crippen LogP contribution in [-0.4, -0.2) is 18.6 Å². The lowest BCUT2D eigenvalue weighted by molar-refractivity contribution is 0.802. The van der Waals surface area contributed by atoms with Crippen LogP contribution < -0.4 is 5.73 Å². The molecule has 0 aliphatic rings. The van der Waals surface area contributed by atoms with E-state index in [0.717, 1.165) is 12.3 Å². The van der Waals surface area contributed by atoms with Crippen molar-refractivity contribution in [2.45, 2.75) is 12.8 Å². The molecular formula is C9H15NS2. The molecule has 0 spiro atoms. The van der Waals surface area contributed by atoms with E-state index in [9.17, 15) is 0 Å². The molecule has 0 aromatic carbocycles. The first-order valence-corrected chi connectivity index (χ1v) is 6.24. The van der Waals surface area contributed by atoms with Gasteiger partial charge in [0.2, 0.25) is 0 Å². The van der Waals surface area contributed by atoms with Crippen LogP contribution in [0.15, 0.2) is 12.1 Å². The van der Waals surface area contributed by atoms with Crippen molar-refractivity contribution in [1.82, 2.24) is 0 Å². The van der Waals surface area contributed by atoms with Crippen LogP contribution in [0.4, 0.5) is 0 Å². The molecule has 1 aromatic rings. The maximum Gasteiger partial charge on any atom is 0.0146 e. The van der Waals surface area contributed by atoms with E-state index >= 15 is 0 Å². The molecule has 0 saturated carbocycles. The molecule has 2 N–H and O–H groups in total. The number of nitrogens with two attached hydrogens (primary N) is 1. The van der Waals surface area contributed by atoms with Crippen molar-refractivity contribution in [2.75, 3.05) is 18.6 Å². The zero-order valence-corrected chi connectivity index (χ0v) is 9.17. The van der Waals surface area contributed by atoms with Gasteiger partial charge in [-0.1, -0.05) is 0 Å². The number of thioether (sulfide) groups is 1. The van der Waals surface area contributed by atoms with E-state index in [1.54, 1.807) is 0 Å². The topological polar surface area (TPSA) is 26.0 Å². The highest BCUT2D eigenvalue weighted by Gasteiger charge is 2.10. The predicted molar refractivity (Wildman–Crippen MR) is 59.2 cm³/mol. The van der Waals surface area contributed by atoms with Gasteiger partial charge in [-0.25, -0.2) is 0 Å². The first-order valence-electron chi connectivity index (χ1n) is 4.03. The maximum absolute atomic E-state index is 5.69. The summed E-state index contributed by atoms with van der Waals surface area (Å²) >= 11 is 3.73. The largest absolute Gasteiger partial charge is 0.330 e. The van der Waals surface area contributed by atoms with Crippen molar-refractivity contribution < 1.29 is 0 Å². The fraction of sp³-hybridized carbons (Fsp3) is 0.556. The number of hydrogen-bond donors (Lipinski definition) is 1. The third-order valence-corrected chi connectivity index (χ3v) is 3.71. The average molecular weight is 201 g/mol. The first kappa shape index (κ1) is 10.1. The SMILES string of the molecule is CSCC(CN)c1ccc(C)s1. The van der Waals surface area contributed by atoms with E-state index in [-0.39, 0.29) is 0 Å². The molecule has 0 radical (unpaired) electrons. The molecule has 0 bridgehead atoms. The molecule has 0 fully saturated rings. The van der Waals surface area contributed by atoms with E-state index in [1.165, 1.54) is 9.75 Å². The van der Waals surface area contributed by atoms with E-state index < -0.39 is 0 Å². The van der Waals surface area contributed by atoms with Gasteiger partial charge < -0.3 is 5.73 Å². The van der Waals surface area contributed by atoms with Crippen molar-refractivity contribution in [3.63, 3.8) is 0 Å². The van der Waals surface area contributed by atoms with Crippen LogP contribution in [0.5, 0.6) is 0 Å². The Kier molecular flexibility index (Phi) is 4.12. The molecule has 0 amide bonds. The summed E-state index contributed by atoms with van der Waals surface area (Å²) in [5, 5.41) is 0. The van der Waals surface area contributed by atoms with Crippen LogP contribution in [0.1, 0.15) is 15.7 Å². The molecule has 12 heavy (non-hydrogen) atoms. The number of hydrogen-bond acceptors (Lipinski definition) is 3. The summed E-state index contributed by atoms with van der Waals surface area (Å²) in [6.45, 7) is 2.90. The molecule has 1 atom stereocenters. The second-order valence-electron chi connectivity index (χ2n) is 2.84. The number of rotatable bonds is 4. The minimum absolute atomic E-state index is 0.554. The van der Waals surface area contributed by atoms with Crippen LogP contribution in [0.3, 0.4) is 0 Å². The summed E-state index contributed by atoms with van der Waals surface area (Å²) in [4.78, 5) is 2.81. The summed E-state index contributed by atoms with van der Waals surface area (Å²) < 4.78 is 0. The van der Waals surface area contributed by atoms with Crippen LogP contribution in [0, 0.1) is 6.92 Å². The highest BCUT2D eigenvalue weighted by molar-refractivity contribution is 7.98. The van der Waals surface area contributed by atoms with E-state index in [1.807, 2.05) is 23.1 Å². The lowest BCUT2D eigenvalue weighted by Gasteiger charge is -2.10. The highest BCUT2D eigenvalue weighted by Crippen LogP contribution is 2.25. The fourth-order valence-corrected chi connectivity index (χ4v) is 2.95. The maximum atomic E-state index is 5.69. The van der Waals surface area contributed by atoms with Gasteiger partial charge in [-0.05, 0) is 25.3 Å². The quantitative estimate of drug-likeness (QED) is 0.810. The van der Waals surface area contributed by atoms with Gasteiger partial charge in [-0.15, -0.1) is 11.3 Å². The Hall–Kier alpha value is 0.01000. The van der Waals surface area contributed by atoms with Crippen LogP contribution in [0.25, 0.3) is 0 Å². The molecule has 1 rings (SSSR count). The zero-order chi connectivity index (χ0) is 8.97. The second kappa shape index (κ2) is 4.90. The third kappa shape index (κ3) is 2.51. The van der Waals surface area contributed by atoms with Crippen molar-refractivity contribution in [3.05, 3.63) is 21.9 Å². The van der Waals surface area contributed by atoms with Gasteiger partial charge in [-0.2, -0.15) is 11.8 Å². The Morgan fingerprint density at radius 3 is 2.75 bits per heavy atom. The zero-order valence-electron chi connectivity index (χ0n) is 7.54. The lowest BCUT2D eigenvalue weighted by atomic mass is 10.1. The third-order valence-electron chi connectivity index (χ3n) is 1.82. The second-order valence-corrected chi connectivity index (χ2v) is 5.07. The first-order chi connectivity index (χ1) is 5.77. The Morgan fingerprint density at radius 2 is 2.33 bits per heavy atom. The van der Waals surface area contributed by atoms with Crippen molar-refractivity contribution in [1.29, 1.82) is 0 Å². The minimum Gasteiger partial charge on any atom is -0.330 e. The monoisotopic (exact) mass is 201 g/mol. The minimum atomic E-state index is 0.554. The van der Waals surface area contributed by atoms with Crippen molar-refractivity contribution in [2.24, 2.45) is 5.73 Å². The predicted octanol–water partition coefficient (Wildman–Crippen LogP) is 2.46. The van der Waals surface area contributed by atoms with E-state index in [0.29, 0.717) is 5.92 Å². The highest BCUT2D eigenvalue weighted by atomic mass is 32.2. The standard InChI is InChI=1S/C9H15NS2/c1-7-3-4-9(12-7)8(5-10)6-11-2/h3-4,8H,5-6,10H2,1-2H3. The molecule has 1 aromatic heterocycles. The van der Waals surface area contributed by atoms with E-state index in [2.05, 4.69) is 25.3 Å². The molecule has 1 heterocycles. The Bertz CT molecular complexity index is 232. The smallest absolute Gasteiger partial charge is 0.0146 e. The number of aryl methyl sites for hydroxylation is 1. The fourth-order valence-electron chi connectivity index (χ4n) is 1.14. The Morgan fingerprint density at radius 1 is 1.58 bits per heavy atom. The molecule has 0 saturated heterocycles. The van der Waals surface area contributed by atoms with Crippen molar-refractivity contribution in [3.8, 4) is 0 Å². The molecule has 1 nitrogen and oxygen atoms in total. The van der Waals surface area contributed by atoms with Gasteiger partial charge in [0.05, 0.1) is 0 Å². The summed E-state index contributed by atoms with van der Waals surface area (Å²) in [7, 11) is 0. The van der Waals surface area contributed by atoms with E-state index in [4.69, 9.17) is 5.73 Å². The normalized spacial score (nSPS) is 13.2. The van der Waals surface area contributed by atoms with Crippen molar-refractivity contribution >= 4 is 23.1 Å². The van der Waals surface area contributed by atoms with Crippen LogP contribution >= 0.6 is 23.1 Å².